The molecule has 1 aromatic carbocycles. The molecule has 0 bridgehead atoms. The minimum Gasteiger partial charge on any atom is -0.459 e. The smallest absolute Gasteiger partial charge is 0.287 e. The maximum absolute atomic E-state index is 12.2. The molecule has 25 heavy (non-hydrogen) atoms. The Hall–Kier alpha value is -3.08. The predicted octanol–water partition coefficient (Wildman–Crippen LogP) is 3.55. The van der Waals surface area contributed by atoms with Crippen LogP contribution < -0.4 is 10.2 Å². The largest absolute Gasteiger partial charge is 0.459 e. The summed E-state index contributed by atoms with van der Waals surface area (Å²) in [6.45, 7) is 2.99. The van der Waals surface area contributed by atoms with Gasteiger partial charge in [-0.2, -0.15) is 0 Å². The number of benzene rings is 1. The molecule has 0 saturated carbocycles. The lowest BCUT2D eigenvalue weighted by Gasteiger charge is -2.21. The van der Waals surface area contributed by atoms with E-state index in [4.69, 9.17) is 4.42 Å². The van der Waals surface area contributed by atoms with Crippen LogP contribution in [0.1, 0.15) is 27.2 Å². The SMILES string of the molecule is Cc1ccoc1C(=O)NCc1cccnc1N(C)Cc1ccccc1. The third-order valence-electron chi connectivity index (χ3n) is 4.00. The number of rotatable bonds is 6. The fourth-order valence-corrected chi connectivity index (χ4v) is 2.71. The highest BCUT2D eigenvalue weighted by Crippen LogP contribution is 2.18. The summed E-state index contributed by atoms with van der Waals surface area (Å²) < 4.78 is 5.23. The molecule has 3 aromatic rings. The first-order valence-electron chi connectivity index (χ1n) is 8.16. The van der Waals surface area contributed by atoms with E-state index in [1.54, 1.807) is 12.3 Å². The molecule has 128 valence electrons. The molecule has 0 aliphatic heterocycles. The molecule has 0 unspecified atom stereocenters. The lowest BCUT2D eigenvalue weighted by molar-refractivity contribution is 0.0922. The average Bonchev–Trinajstić information content (AvgIpc) is 3.07. The fourth-order valence-electron chi connectivity index (χ4n) is 2.71. The molecule has 1 N–H and O–H groups in total. The first-order valence-corrected chi connectivity index (χ1v) is 8.16. The van der Waals surface area contributed by atoms with Gasteiger partial charge >= 0.3 is 0 Å². The van der Waals surface area contributed by atoms with E-state index >= 15 is 0 Å². The molecule has 0 aliphatic rings. The van der Waals surface area contributed by atoms with E-state index in [1.807, 2.05) is 44.3 Å². The topological polar surface area (TPSA) is 58.4 Å². The van der Waals surface area contributed by atoms with Crippen molar-refractivity contribution < 1.29 is 9.21 Å². The minimum absolute atomic E-state index is 0.219. The minimum atomic E-state index is -0.219. The lowest BCUT2D eigenvalue weighted by Crippen LogP contribution is -2.25. The van der Waals surface area contributed by atoms with Crippen LogP contribution in [-0.2, 0) is 13.1 Å². The number of aryl methyl sites for hydroxylation is 1. The molecule has 1 amide bonds. The normalized spacial score (nSPS) is 10.5. The predicted molar refractivity (Wildman–Crippen MR) is 97.4 cm³/mol. The molecular formula is C20H21N3O2. The Morgan fingerprint density at radius 1 is 1.16 bits per heavy atom. The van der Waals surface area contributed by atoms with Crippen molar-refractivity contribution in [2.24, 2.45) is 0 Å². The fraction of sp³-hybridized carbons (Fsp3) is 0.200. The zero-order valence-electron chi connectivity index (χ0n) is 14.4. The van der Waals surface area contributed by atoms with Gasteiger partial charge < -0.3 is 14.6 Å². The monoisotopic (exact) mass is 335 g/mol. The van der Waals surface area contributed by atoms with Crippen LogP contribution in [0.25, 0.3) is 0 Å². The lowest BCUT2D eigenvalue weighted by atomic mass is 10.2. The van der Waals surface area contributed by atoms with E-state index in [-0.39, 0.29) is 5.91 Å². The Morgan fingerprint density at radius 2 is 1.96 bits per heavy atom. The van der Waals surface area contributed by atoms with E-state index in [1.165, 1.54) is 11.8 Å². The van der Waals surface area contributed by atoms with Gasteiger partial charge in [-0.1, -0.05) is 36.4 Å². The number of carbonyl (C=O) groups is 1. The van der Waals surface area contributed by atoms with Crippen LogP contribution in [0.4, 0.5) is 5.82 Å². The molecule has 2 heterocycles. The van der Waals surface area contributed by atoms with E-state index < -0.39 is 0 Å². The molecule has 0 spiro atoms. The second-order valence-electron chi connectivity index (χ2n) is 5.94. The van der Waals surface area contributed by atoms with E-state index in [2.05, 4.69) is 27.3 Å². The number of nitrogens with one attached hydrogen (secondary N) is 1. The Balaban J connectivity index is 1.70. The molecule has 3 rings (SSSR count). The molecular weight excluding hydrogens is 314 g/mol. The van der Waals surface area contributed by atoms with Crippen LogP contribution in [-0.4, -0.2) is 17.9 Å². The van der Waals surface area contributed by atoms with Gasteiger partial charge in [-0.05, 0) is 24.6 Å². The van der Waals surface area contributed by atoms with Gasteiger partial charge in [0.25, 0.3) is 5.91 Å². The van der Waals surface area contributed by atoms with Gasteiger partial charge in [-0.25, -0.2) is 4.98 Å². The summed E-state index contributed by atoms with van der Waals surface area (Å²) in [5.74, 6) is 0.980. The number of hydrogen-bond acceptors (Lipinski definition) is 4. The third-order valence-corrected chi connectivity index (χ3v) is 4.00. The number of anilines is 1. The van der Waals surface area contributed by atoms with Crippen molar-refractivity contribution in [2.45, 2.75) is 20.0 Å². The summed E-state index contributed by atoms with van der Waals surface area (Å²) in [7, 11) is 2.00. The first kappa shape index (κ1) is 16.8. The van der Waals surface area contributed by atoms with Gasteiger partial charge in [0.15, 0.2) is 5.76 Å². The summed E-state index contributed by atoms with van der Waals surface area (Å²) in [6, 6.07) is 15.8. The standard InChI is InChI=1S/C20H21N3O2/c1-15-10-12-25-18(15)20(24)22-13-17-9-6-11-21-19(17)23(2)14-16-7-4-3-5-8-16/h3-12H,13-14H2,1-2H3,(H,22,24). The van der Waals surface area contributed by atoms with Crippen molar-refractivity contribution in [1.29, 1.82) is 0 Å². The summed E-state index contributed by atoms with van der Waals surface area (Å²) in [6.07, 6.45) is 3.28. The highest BCUT2D eigenvalue weighted by molar-refractivity contribution is 5.92. The van der Waals surface area contributed by atoms with Crippen LogP contribution in [0.5, 0.6) is 0 Å². The van der Waals surface area contributed by atoms with Crippen LogP contribution in [0.2, 0.25) is 0 Å². The zero-order valence-corrected chi connectivity index (χ0v) is 14.4. The highest BCUT2D eigenvalue weighted by atomic mass is 16.3. The van der Waals surface area contributed by atoms with Crippen LogP contribution in [0, 0.1) is 6.92 Å². The summed E-state index contributed by atoms with van der Waals surface area (Å²) >= 11 is 0. The van der Waals surface area contributed by atoms with Crippen molar-refractivity contribution in [1.82, 2.24) is 10.3 Å². The maximum Gasteiger partial charge on any atom is 0.287 e. The quantitative estimate of drug-likeness (QED) is 0.748. The number of amides is 1. The molecule has 0 saturated heterocycles. The summed E-state index contributed by atoms with van der Waals surface area (Å²) in [4.78, 5) is 18.8. The highest BCUT2D eigenvalue weighted by Gasteiger charge is 2.14. The number of nitrogens with zero attached hydrogens (tertiary/aromatic N) is 2. The van der Waals surface area contributed by atoms with Crippen LogP contribution in [0.3, 0.4) is 0 Å². The Bertz CT molecular complexity index is 843. The number of furan rings is 1. The second kappa shape index (κ2) is 7.66. The number of carbonyl (C=O) groups excluding carboxylic acids is 1. The summed E-state index contributed by atoms with van der Waals surface area (Å²) in [5, 5.41) is 2.90. The maximum atomic E-state index is 12.2. The van der Waals surface area contributed by atoms with E-state index in [9.17, 15) is 4.79 Å². The molecule has 0 atom stereocenters. The van der Waals surface area contributed by atoms with Crippen LogP contribution >= 0.6 is 0 Å². The summed E-state index contributed by atoms with van der Waals surface area (Å²) in [5.41, 5.74) is 2.99. The van der Waals surface area contributed by atoms with Gasteiger partial charge in [0, 0.05) is 37.5 Å². The van der Waals surface area contributed by atoms with Crippen LogP contribution in [0.15, 0.2) is 65.4 Å². The molecule has 0 radical (unpaired) electrons. The molecule has 0 aliphatic carbocycles. The average molecular weight is 335 g/mol. The van der Waals surface area contributed by atoms with Gasteiger partial charge in [0.2, 0.25) is 0 Å². The van der Waals surface area contributed by atoms with Gasteiger partial charge in [-0.15, -0.1) is 0 Å². The van der Waals surface area contributed by atoms with Crippen molar-refractivity contribution in [2.75, 3.05) is 11.9 Å². The van der Waals surface area contributed by atoms with Crippen molar-refractivity contribution in [3.63, 3.8) is 0 Å². The molecule has 5 nitrogen and oxygen atoms in total. The molecule has 5 heteroatoms. The number of hydrogen-bond donors (Lipinski definition) is 1. The Kier molecular flexibility index (Phi) is 5.14. The molecule has 2 aromatic heterocycles. The van der Waals surface area contributed by atoms with Gasteiger partial charge in [0.05, 0.1) is 6.26 Å². The second-order valence-corrected chi connectivity index (χ2v) is 5.94. The first-order chi connectivity index (χ1) is 12.1. The van der Waals surface area contributed by atoms with E-state index in [0.29, 0.717) is 12.3 Å². The third kappa shape index (κ3) is 4.07. The molecule has 0 fully saturated rings. The van der Waals surface area contributed by atoms with Crippen molar-refractivity contribution in [3.8, 4) is 0 Å². The van der Waals surface area contributed by atoms with Crippen molar-refractivity contribution >= 4 is 11.7 Å². The van der Waals surface area contributed by atoms with Gasteiger partial charge in [0.1, 0.15) is 5.82 Å². The van der Waals surface area contributed by atoms with Crippen molar-refractivity contribution in [3.05, 3.63) is 83.4 Å². The zero-order chi connectivity index (χ0) is 17.6. The van der Waals surface area contributed by atoms with Gasteiger partial charge in [-0.3, -0.25) is 4.79 Å². The van der Waals surface area contributed by atoms with E-state index in [0.717, 1.165) is 23.5 Å². The number of aromatic nitrogens is 1. The Labute approximate surface area is 147 Å². The Morgan fingerprint density at radius 3 is 2.68 bits per heavy atom. The number of pyridine rings is 1.